The summed E-state index contributed by atoms with van der Waals surface area (Å²) in [5.41, 5.74) is 3.10. The van der Waals surface area contributed by atoms with Crippen LogP contribution in [-0.4, -0.2) is 21.6 Å². The highest BCUT2D eigenvalue weighted by Gasteiger charge is 2.20. The minimum absolute atomic E-state index is 0.0865. The molecule has 7 heteroatoms. The number of thioether (sulfide) groups is 1. The molecule has 0 fully saturated rings. The molecule has 1 aliphatic carbocycles. The monoisotopic (exact) mass is 403 g/mol. The number of aryl methyl sites for hydroxylation is 3. The van der Waals surface area contributed by atoms with E-state index in [4.69, 9.17) is 11.6 Å². The van der Waals surface area contributed by atoms with Crippen LogP contribution >= 0.6 is 34.7 Å². The normalized spacial score (nSPS) is 13.6. The van der Waals surface area contributed by atoms with Crippen LogP contribution in [0.3, 0.4) is 0 Å². The van der Waals surface area contributed by atoms with Gasteiger partial charge in [0.25, 0.3) is 0 Å². The second kappa shape index (κ2) is 7.55. The van der Waals surface area contributed by atoms with Gasteiger partial charge in [0, 0.05) is 10.3 Å². The molecular weight excluding hydrogens is 386 g/mol. The lowest BCUT2D eigenvalue weighted by Crippen LogP contribution is -2.14. The van der Waals surface area contributed by atoms with Crippen LogP contribution in [0.2, 0.25) is 5.02 Å². The molecule has 1 N–H and O–H groups in total. The maximum atomic E-state index is 12.4. The number of hydrogen-bond acceptors (Lipinski definition) is 5. The Kier molecular flexibility index (Phi) is 5.16. The average molecular weight is 404 g/mol. The van der Waals surface area contributed by atoms with Crippen LogP contribution in [0.4, 0.5) is 5.69 Å². The lowest BCUT2D eigenvalue weighted by Gasteiger charge is -2.11. The molecule has 0 saturated heterocycles. The smallest absolute Gasteiger partial charge is 0.234 e. The summed E-state index contributed by atoms with van der Waals surface area (Å²) >= 11 is 9.43. The van der Waals surface area contributed by atoms with Gasteiger partial charge in [-0.25, -0.2) is 9.97 Å². The number of thiophene rings is 1. The molecule has 0 unspecified atom stereocenters. The molecule has 4 rings (SSSR count). The second-order valence-corrected chi connectivity index (χ2v) is 8.84. The van der Waals surface area contributed by atoms with E-state index in [1.54, 1.807) is 17.7 Å². The van der Waals surface area contributed by atoms with Gasteiger partial charge in [-0.15, -0.1) is 11.3 Å². The van der Waals surface area contributed by atoms with Gasteiger partial charge in [-0.1, -0.05) is 29.4 Å². The summed E-state index contributed by atoms with van der Waals surface area (Å²) in [5, 5.41) is 5.49. The van der Waals surface area contributed by atoms with Crippen LogP contribution in [0, 0.1) is 6.92 Å². The summed E-state index contributed by atoms with van der Waals surface area (Å²) in [4.78, 5) is 23.7. The van der Waals surface area contributed by atoms with Gasteiger partial charge in [-0.2, -0.15) is 0 Å². The van der Waals surface area contributed by atoms with Crippen LogP contribution < -0.4 is 5.32 Å². The van der Waals surface area contributed by atoms with E-state index in [0.717, 1.165) is 33.6 Å². The van der Waals surface area contributed by atoms with Crippen molar-refractivity contribution in [3.8, 4) is 0 Å². The molecule has 0 bridgehead atoms. The van der Waals surface area contributed by atoms with Crippen molar-refractivity contribution in [2.75, 3.05) is 11.1 Å². The number of amides is 1. The van der Waals surface area contributed by atoms with Gasteiger partial charge in [0.1, 0.15) is 16.2 Å². The molecule has 26 heavy (non-hydrogen) atoms. The fourth-order valence-corrected chi connectivity index (χ4v) is 5.61. The van der Waals surface area contributed by atoms with Crippen LogP contribution in [0.1, 0.15) is 28.8 Å². The average Bonchev–Trinajstić information content (AvgIpc) is 3.01. The van der Waals surface area contributed by atoms with Crippen molar-refractivity contribution in [2.45, 2.75) is 37.6 Å². The van der Waals surface area contributed by atoms with E-state index >= 15 is 0 Å². The molecule has 4 nitrogen and oxygen atoms in total. The quantitative estimate of drug-likeness (QED) is 0.476. The SMILES string of the molecule is Cc1ccc(NC(=O)CSc2ncnc3sc4c(c23)CCCC4)c(Cl)c1. The van der Waals surface area contributed by atoms with Gasteiger partial charge >= 0.3 is 0 Å². The molecule has 0 aliphatic heterocycles. The Labute approximate surface area is 165 Å². The van der Waals surface area contributed by atoms with Crippen LogP contribution in [-0.2, 0) is 17.6 Å². The molecule has 2 heterocycles. The number of carbonyl (C=O) groups excluding carboxylic acids is 1. The zero-order valence-electron chi connectivity index (χ0n) is 14.3. The van der Waals surface area contributed by atoms with Crippen molar-refractivity contribution in [1.29, 1.82) is 0 Å². The number of hydrogen-bond donors (Lipinski definition) is 1. The molecule has 0 radical (unpaired) electrons. The van der Waals surface area contributed by atoms with Gasteiger partial charge in [0.15, 0.2) is 0 Å². The number of halogens is 1. The summed E-state index contributed by atoms with van der Waals surface area (Å²) in [6.45, 7) is 1.97. The number of fused-ring (bicyclic) bond motifs is 3. The first-order valence-corrected chi connectivity index (χ1v) is 10.7. The van der Waals surface area contributed by atoms with E-state index in [1.165, 1.54) is 35.0 Å². The molecule has 1 amide bonds. The largest absolute Gasteiger partial charge is 0.324 e. The van der Waals surface area contributed by atoms with Crippen LogP contribution in [0.5, 0.6) is 0 Å². The summed E-state index contributed by atoms with van der Waals surface area (Å²) in [5.74, 6) is 0.206. The van der Waals surface area contributed by atoms with E-state index in [9.17, 15) is 4.79 Å². The Balaban J connectivity index is 1.51. The predicted octanol–water partition coefficient (Wildman–Crippen LogP) is 5.26. The van der Waals surface area contributed by atoms with E-state index in [1.807, 2.05) is 25.1 Å². The van der Waals surface area contributed by atoms with Gasteiger partial charge in [0.2, 0.25) is 5.91 Å². The van der Waals surface area contributed by atoms with Crippen molar-refractivity contribution in [1.82, 2.24) is 9.97 Å². The molecule has 2 aromatic heterocycles. The number of carbonyl (C=O) groups is 1. The highest BCUT2D eigenvalue weighted by molar-refractivity contribution is 8.00. The van der Waals surface area contributed by atoms with E-state index in [0.29, 0.717) is 16.5 Å². The Hall–Kier alpha value is -1.63. The Morgan fingerprint density at radius 1 is 1.31 bits per heavy atom. The van der Waals surface area contributed by atoms with Crippen molar-refractivity contribution in [3.05, 3.63) is 45.6 Å². The van der Waals surface area contributed by atoms with Gasteiger partial charge in [-0.05, 0) is 55.9 Å². The van der Waals surface area contributed by atoms with Crippen molar-refractivity contribution in [3.63, 3.8) is 0 Å². The lowest BCUT2D eigenvalue weighted by atomic mass is 9.97. The molecule has 1 aromatic carbocycles. The number of rotatable bonds is 4. The first kappa shape index (κ1) is 17.8. The maximum absolute atomic E-state index is 12.4. The summed E-state index contributed by atoms with van der Waals surface area (Å²) < 4.78 is 0. The number of nitrogens with zero attached hydrogens (tertiary/aromatic N) is 2. The lowest BCUT2D eigenvalue weighted by molar-refractivity contribution is -0.113. The number of anilines is 1. The maximum Gasteiger partial charge on any atom is 0.234 e. The molecule has 134 valence electrons. The highest BCUT2D eigenvalue weighted by Crippen LogP contribution is 2.39. The van der Waals surface area contributed by atoms with Gasteiger partial charge in [0.05, 0.1) is 16.5 Å². The Bertz CT molecular complexity index is 986. The Morgan fingerprint density at radius 2 is 2.15 bits per heavy atom. The summed E-state index contributed by atoms with van der Waals surface area (Å²) in [6, 6.07) is 5.61. The first-order valence-electron chi connectivity index (χ1n) is 8.56. The minimum Gasteiger partial charge on any atom is -0.324 e. The fourth-order valence-electron chi connectivity index (χ4n) is 3.21. The number of benzene rings is 1. The molecule has 3 aromatic rings. The van der Waals surface area contributed by atoms with Gasteiger partial charge in [-0.3, -0.25) is 4.79 Å². The summed E-state index contributed by atoms with van der Waals surface area (Å²) in [6.07, 6.45) is 6.27. The second-order valence-electron chi connectivity index (χ2n) is 6.39. The molecule has 1 aliphatic rings. The number of aromatic nitrogens is 2. The van der Waals surface area contributed by atoms with Crippen molar-refractivity contribution < 1.29 is 4.79 Å². The fraction of sp³-hybridized carbons (Fsp3) is 0.316. The zero-order chi connectivity index (χ0) is 18.1. The summed E-state index contributed by atoms with van der Waals surface area (Å²) in [7, 11) is 0. The predicted molar refractivity (Wildman–Crippen MR) is 110 cm³/mol. The third-order valence-electron chi connectivity index (χ3n) is 4.46. The van der Waals surface area contributed by atoms with Crippen molar-refractivity contribution >= 4 is 56.5 Å². The third-order valence-corrected chi connectivity index (χ3v) is 6.96. The minimum atomic E-state index is -0.0865. The molecule has 0 atom stereocenters. The molecular formula is C19H18ClN3OS2. The standard InChI is InChI=1S/C19H18ClN3OS2/c1-11-6-7-14(13(20)8-11)23-16(24)9-25-18-17-12-4-2-3-5-15(12)26-19(17)22-10-21-18/h6-8,10H,2-5,9H2,1H3,(H,23,24). The van der Waals surface area contributed by atoms with Crippen LogP contribution in [0.25, 0.3) is 10.2 Å². The molecule has 0 saturated carbocycles. The highest BCUT2D eigenvalue weighted by atomic mass is 35.5. The van der Waals surface area contributed by atoms with Crippen molar-refractivity contribution in [2.24, 2.45) is 0 Å². The Morgan fingerprint density at radius 3 is 3.00 bits per heavy atom. The third kappa shape index (κ3) is 3.59. The molecule has 0 spiro atoms. The topological polar surface area (TPSA) is 54.9 Å². The van der Waals surface area contributed by atoms with E-state index in [2.05, 4.69) is 15.3 Å². The van der Waals surface area contributed by atoms with E-state index < -0.39 is 0 Å². The van der Waals surface area contributed by atoms with Gasteiger partial charge < -0.3 is 5.32 Å². The number of nitrogens with one attached hydrogen (secondary N) is 1. The van der Waals surface area contributed by atoms with Crippen LogP contribution in [0.15, 0.2) is 29.6 Å². The van der Waals surface area contributed by atoms with E-state index in [-0.39, 0.29) is 5.91 Å². The first-order chi connectivity index (χ1) is 12.6. The zero-order valence-corrected chi connectivity index (χ0v) is 16.7.